The molecule has 0 saturated carbocycles. The van der Waals surface area contributed by atoms with Crippen LogP contribution in [-0.2, 0) is 0 Å². The number of nitrogens with zero attached hydrogens (tertiary/aromatic N) is 1. The normalized spacial score (nSPS) is 12.8. The SMILES string of the molecule is C/C=C\C=C(/C)c1csc(C)n1. The van der Waals surface area contributed by atoms with E-state index in [1.165, 1.54) is 5.57 Å². The van der Waals surface area contributed by atoms with Crippen molar-refractivity contribution in [3.05, 3.63) is 34.3 Å². The van der Waals surface area contributed by atoms with Crippen molar-refractivity contribution in [2.75, 3.05) is 0 Å². The molecule has 2 heteroatoms. The zero-order valence-electron chi connectivity index (χ0n) is 7.66. The Morgan fingerprint density at radius 3 is 2.83 bits per heavy atom. The van der Waals surface area contributed by atoms with Crippen LogP contribution in [0.25, 0.3) is 5.57 Å². The van der Waals surface area contributed by atoms with Crippen molar-refractivity contribution >= 4 is 16.9 Å². The molecule has 1 aromatic heterocycles. The second-order valence-corrected chi connectivity index (χ2v) is 3.69. The number of hydrogen-bond donors (Lipinski definition) is 0. The summed E-state index contributed by atoms with van der Waals surface area (Å²) < 4.78 is 0. The number of aromatic nitrogens is 1. The first-order valence-corrected chi connectivity index (χ1v) is 4.84. The molecule has 12 heavy (non-hydrogen) atoms. The van der Waals surface area contributed by atoms with Crippen LogP contribution in [-0.4, -0.2) is 4.98 Å². The standard InChI is InChI=1S/C10H13NS/c1-4-5-6-8(2)10-7-12-9(3)11-10/h4-7H,1-3H3/b5-4-,8-6+. The third kappa shape index (κ3) is 2.31. The fourth-order valence-electron chi connectivity index (χ4n) is 0.870. The molecule has 0 radical (unpaired) electrons. The molecule has 1 heterocycles. The van der Waals surface area contributed by atoms with Gasteiger partial charge in [0.2, 0.25) is 0 Å². The van der Waals surface area contributed by atoms with Gasteiger partial charge in [0.25, 0.3) is 0 Å². The van der Waals surface area contributed by atoms with Crippen molar-refractivity contribution in [3.8, 4) is 0 Å². The predicted octanol–water partition coefficient (Wildman–Crippen LogP) is 3.43. The molecule has 0 atom stereocenters. The molecule has 0 aliphatic heterocycles. The maximum atomic E-state index is 4.38. The predicted molar refractivity (Wildman–Crippen MR) is 55.3 cm³/mol. The lowest BCUT2D eigenvalue weighted by atomic mass is 10.2. The lowest BCUT2D eigenvalue weighted by Crippen LogP contribution is -1.78. The van der Waals surface area contributed by atoms with E-state index in [2.05, 4.69) is 23.4 Å². The molecule has 0 amide bonds. The average Bonchev–Trinajstić information content (AvgIpc) is 2.47. The molecule has 0 fully saturated rings. The highest BCUT2D eigenvalue weighted by molar-refractivity contribution is 7.09. The van der Waals surface area contributed by atoms with Crippen molar-refractivity contribution in [3.63, 3.8) is 0 Å². The van der Waals surface area contributed by atoms with Crippen LogP contribution in [0.5, 0.6) is 0 Å². The molecular weight excluding hydrogens is 166 g/mol. The van der Waals surface area contributed by atoms with E-state index in [1.807, 2.05) is 26.0 Å². The van der Waals surface area contributed by atoms with Crippen LogP contribution in [0, 0.1) is 6.92 Å². The first-order chi connectivity index (χ1) is 5.74. The van der Waals surface area contributed by atoms with Crippen LogP contribution < -0.4 is 0 Å². The molecule has 64 valence electrons. The molecule has 0 aromatic carbocycles. The minimum atomic E-state index is 1.09. The fourth-order valence-corrected chi connectivity index (χ4v) is 1.54. The van der Waals surface area contributed by atoms with Gasteiger partial charge in [-0.25, -0.2) is 4.98 Å². The van der Waals surface area contributed by atoms with Gasteiger partial charge in [-0.2, -0.15) is 0 Å². The van der Waals surface area contributed by atoms with Gasteiger partial charge in [0.05, 0.1) is 10.7 Å². The molecule has 1 aromatic rings. The Balaban J connectivity index is 2.84. The van der Waals surface area contributed by atoms with E-state index in [0.29, 0.717) is 0 Å². The molecule has 0 bridgehead atoms. The lowest BCUT2D eigenvalue weighted by molar-refractivity contribution is 1.25. The topological polar surface area (TPSA) is 12.9 Å². The monoisotopic (exact) mass is 179 g/mol. The Hall–Kier alpha value is -0.890. The van der Waals surface area contributed by atoms with E-state index in [1.54, 1.807) is 11.3 Å². The highest BCUT2D eigenvalue weighted by atomic mass is 32.1. The summed E-state index contributed by atoms with van der Waals surface area (Å²) in [6, 6.07) is 0. The largest absolute Gasteiger partial charge is 0.242 e. The Bertz CT molecular complexity index is 307. The molecule has 0 spiro atoms. The number of rotatable bonds is 2. The molecule has 0 saturated heterocycles. The van der Waals surface area contributed by atoms with Crippen LogP contribution in [0.4, 0.5) is 0 Å². The maximum Gasteiger partial charge on any atom is 0.0901 e. The Morgan fingerprint density at radius 1 is 1.58 bits per heavy atom. The smallest absolute Gasteiger partial charge is 0.0901 e. The Kier molecular flexibility index (Phi) is 3.23. The molecule has 0 aliphatic rings. The van der Waals surface area contributed by atoms with Gasteiger partial charge in [-0.3, -0.25) is 0 Å². The summed E-state index contributed by atoms with van der Waals surface area (Å²) in [5, 5.41) is 3.21. The molecule has 0 aliphatic carbocycles. The lowest BCUT2D eigenvalue weighted by Gasteiger charge is -1.91. The van der Waals surface area contributed by atoms with Gasteiger partial charge in [0.15, 0.2) is 0 Å². The minimum Gasteiger partial charge on any atom is -0.242 e. The molecule has 0 unspecified atom stereocenters. The molecule has 0 N–H and O–H groups in total. The minimum absolute atomic E-state index is 1.09. The molecule has 1 nitrogen and oxygen atoms in total. The van der Waals surface area contributed by atoms with E-state index in [-0.39, 0.29) is 0 Å². The fraction of sp³-hybridized carbons (Fsp3) is 0.300. The zero-order chi connectivity index (χ0) is 8.97. The van der Waals surface area contributed by atoms with Gasteiger partial charge in [-0.05, 0) is 26.3 Å². The van der Waals surface area contributed by atoms with Gasteiger partial charge in [0.1, 0.15) is 0 Å². The maximum absolute atomic E-state index is 4.38. The summed E-state index contributed by atoms with van der Waals surface area (Å²) in [4.78, 5) is 4.38. The first kappa shape index (κ1) is 9.20. The number of allylic oxidation sites excluding steroid dienone is 4. The van der Waals surface area contributed by atoms with Crippen LogP contribution in [0.15, 0.2) is 23.6 Å². The van der Waals surface area contributed by atoms with Gasteiger partial charge >= 0.3 is 0 Å². The molecular formula is C10H13NS. The second kappa shape index (κ2) is 4.21. The summed E-state index contributed by atoms with van der Waals surface area (Å²) in [5.41, 5.74) is 2.31. The first-order valence-electron chi connectivity index (χ1n) is 3.96. The Morgan fingerprint density at radius 2 is 2.33 bits per heavy atom. The quantitative estimate of drug-likeness (QED) is 0.634. The van der Waals surface area contributed by atoms with E-state index < -0.39 is 0 Å². The average molecular weight is 179 g/mol. The van der Waals surface area contributed by atoms with E-state index in [0.717, 1.165) is 10.7 Å². The van der Waals surface area contributed by atoms with E-state index >= 15 is 0 Å². The highest BCUT2D eigenvalue weighted by Gasteiger charge is 1.97. The van der Waals surface area contributed by atoms with Crippen molar-refractivity contribution in [2.24, 2.45) is 0 Å². The van der Waals surface area contributed by atoms with Crippen LogP contribution >= 0.6 is 11.3 Å². The highest BCUT2D eigenvalue weighted by Crippen LogP contribution is 2.16. The summed E-state index contributed by atoms with van der Waals surface area (Å²) in [5.74, 6) is 0. The molecule has 1 rings (SSSR count). The van der Waals surface area contributed by atoms with Gasteiger partial charge < -0.3 is 0 Å². The van der Waals surface area contributed by atoms with Crippen molar-refractivity contribution in [1.29, 1.82) is 0 Å². The van der Waals surface area contributed by atoms with Gasteiger partial charge in [0, 0.05) is 5.38 Å². The van der Waals surface area contributed by atoms with Gasteiger partial charge in [-0.1, -0.05) is 18.2 Å². The third-order valence-corrected chi connectivity index (χ3v) is 2.34. The zero-order valence-corrected chi connectivity index (χ0v) is 8.48. The van der Waals surface area contributed by atoms with E-state index in [9.17, 15) is 0 Å². The Labute approximate surface area is 77.5 Å². The summed E-state index contributed by atoms with van der Waals surface area (Å²) in [6.45, 7) is 6.11. The summed E-state index contributed by atoms with van der Waals surface area (Å²) >= 11 is 1.69. The second-order valence-electron chi connectivity index (χ2n) is 2.63. The van der Waals surface area contributed by atoms with Gasteiger partial charge in [-0.15, -0.1) is 11.3 Å². The van der Waals surface area contributed by atoms with Crippen LogP contribution in [0.1, 0.15) is 24.5 Å². The summed E-state index contributed by atoms with van der Waals surface area (Å²) in [7, 11) is 0. The summed E-state index contributed by atoms with van der Waals surface area (Å²) in [6.07, 6.45) is 6.13. The van der Waals surface area contributed by atoms with Crippen LogP contribution in [0.2, 0.25) is 0 Å². The van der Waals surface area contributed by atoms with E-state index in [4.69, 9.17) is 0 Å². The van der Waals surface area contributed by atoms with Crippen molar-refractivity contribution < 1.29 is 0 Å². The van der Waals surface area contributed by atoms with Crippen molar-refractivity contribution in [1.82, 2.24) is 4.98 Å². The third-order valence-electron chi connectivity index (χ3n) is 1.56. The number of hydrogen-bond acceptors (Lipinski definition) is 2. The van der Waals surface area contributed by atoms with Crippen LogP contribution in [0.3, 0.4) is 0 Å². The number of aryl methyl sites for hydroxylation is 1. The van der Waals surface area contributed by atoms with Crippen molar-refractivity contribution in [2.45, 2.75) is 20.8 Å². The number of thiazole rings is 1.